The van der Waals surface area contributed by atoms with Gasteiger partial charge in [0.05, 0.1) is 17.4 Å². The highest BCUT2D eigenvalue weighted by Gasteiger charge is 2.23. The van der Waals surface area contributed by atoms with Crippen molar-refractivity contribution in [3.63, 3.8) is 0 Å². The van der Waals surface area contributed by atoms with E-state index in [1.807, 2.05) is 55.5 Å². The molecule has 3 aromatic rings. The van der Waals surface area contributed by atoms with Crippen LogP contribution in [-0.2, 0) is 9.59 Å². The first kappa shape index (κ1) is 20.2. The van der Waals surface area contributed by atoms with Crippen molar-refractivity contribution in [3.05, 3.63) is 66.7 Å². The molecular weight excluding hydrogens is 398 g/mol. The molecule has 0 saturated carbocycles. The first-order valence-electron chi connectivity index (χ1n) is 9.88. The van der Waals surface area contributed by atoms with E-state index in [4.69, 9.17) is 0 Å². The predicted molar refractivity (Wildman–Crippen MR) is 117 cm³/mol. The molecule has 2 heterocycles. The van der Waals surface area contributed by atoms with E-state index in [2.05, 4.69) is 15.4 Å². The van der Waals surface area contributed by atoms with Crippen LogP contribution in [0.25, 0.3) is 5.69 Å². The summed E-state index contributed by atoms with van der Waals surface area (Å²) in [6.07, 6.45) is 3.49. The fourth-order valence-electron chi connectivity index (χ4n) is 3.44. The molecule has 1 aliphatic heterocycles. The van der Waals surface area contributed by atoms with Crippen LogP contribution in [0.4, 0.5) is 5.69 Å². The van der Waals surface area contributed by atoms with Gasteiger partial charge in [-0.25, -0.2) is 9.67 Å². The Kier molecular flexibility index (Phi) is 6.13. The number of amides is 2. The minimum Gasteiger partial charge on any atom is -0.350 e. The lowest BCUT2D eigenvalue weighted by molar-refractivity contribution is -0.125. The third kappa shape index (κ3) is 4.54. The van der Waals surface area contributed by atoms with E-state index in [0.29, 0.717) is 6.54 Å². The minimum absolute atomic E-state index is 0.0114. The summed E-state index contributed by atoms with van der Waals surface area (Å²) < 4.78 is 1.68. The van der Waals surface area contributed by atoms with Crippen molar-refractivity contribution in [1.82, 2.24) is 20.1 Å². The van der Waals surface area contributed by atoms with E-state index in [-0.39, 0.29) is 30.7 Å². The Hall–Kier alpha value is -3.13. The number of rotatable bonds is 6. The topological polar surface area (TPSA) is 80.1 Å². The second kappa shape index (κ2) is 9.13. The van der Waals surface area contributed by atoms with Crippen LogP contribution < -0.4 is 10.2 Å². The van der Waals surface area contributed by atoms with Crippen molar-refractivity contribution in [2.24, 2.45) is 0 Å². The molecule has 4 rings (SSSR count). The molecule has 0 spiro atoms. The standard InChI is InChI=1S/C22H23N5O2S/c1-16(17-6-8-18(9-7-17)27-15-23-14-24-27)25-21(28)10-11-22(29)26-12-13-30-20-5-3-2-4-19(20)26/h2-9,14-16H,10-13H2,1H3,(H,25,28). The van der Waals surface area contributed by atoms with Crippen LogP contribution in [0.1, 0.15) is 31.4 Å². The average molecular weight is 422 g/mol. The number of nitrogens with zero attached hydrogens (tertiary/aromatic N) is 4. The number of fused-ring (bicyclic) bond motifs is 1. The number of aromatic nitrogens is 3. The fraction of sp³-hybridized carbons (Fsp3) is 0.273. The quantitative estimate of drug-likeness (QED) is 0.660. The highest BCUT2D eigenvalue weighted by molar-refractivity contribution is 7.99. The molecule has 2 amide bonds. The molecule has 2 aromatic carbocycles. The van der Waals surface area contributed by atoms with Crippen molar-refractivity contribution in [3.8, 4) is 5.69 Å². The first-order chi connectivity index (χ1) is 14.6. The SMILES string of the molecule is CC(NC(=O)CCC(=O)N1CCSc2ccccc21)c1ccc(-n2cncn2)cc1. The maximum absolute atomic E-state index is 12.7. The number of carbonyl (C=O) groups excluding carboxylic acids is 2. The number of para-hydroxylation sites is 1. The zero-order valence-corrected chi connectivity index (χ0v) is 17.5. The molecule has 8 heteroatoms. The number of anilines is 1. The van der Waals surface area contributed by atoms with Gasteiger partial charge >= 0.3 is 0 Å². The number of hydrogen-bond donors (Lipinski definition) is 1. The molecule has 154 valence electrons. The van der Waals surface area contributed by atoms with Gasteiger partial charge in [0.2, 0.25) is 11.8 Å². The molecule has 30 heavy (non-hydrogen) atoms. The molecule has 0 bridgehead atoms. The van der Waals surface area contributed by atoms with Crippen molar-refractivity contribution in [1.29, 1.82) is 0 Å². The van der Waals surface area contributed by atoms with Crippen molar-refractivity contribution < 1.29 is 9.59 Å². The van der Waals surface area contributed by atoms with Crippen LogP contribution in [-0.4, -0.2) is 38.9 Å². The molecule has 1 unspecified atom stereocenters. The summed E-state index contributed by atoms with van der Waals surface area (Å²) in [5.41, 5.74) is 2.83. The normalized spacial score (nSPS) is 14.1. The zero-order valence-electron chi connectivity index (χ0n) is 16.7. The molecule has 0 fully saturated rings. The van der Waals surface area contributed by atoms with Crippen LogP contribution in [0.3, 0.4) is 0 Å². The summed E-state index contributed by atoms with van der Waals surface area (Å²) in [5.74, 6) is 0.731. The highest BCUT2D eigenvalue weighted by Crippen LogP contribution is 2.34. The lowest BCUT2D eigenvalue weighted by atomic mass is 10.1. The Bertz CT molecular complexity index is 1020. The van der Waals surface area contributed by atoms with E-state index >= 15 is 0 Å². The highest BCUT2D eigenvalue weighted by atomic mass is 32.2. The lowest BCUT2D eigenvalue weighted by Crippen LogP contribution is -2.36. The van der Waals surface area contributed by atoms with E-state index in [0.717, 1.165) is 27.6 Å². The van der Waals surface area contributed by atoms with Crippen LogP contribution in [0.5, 0.6) is 0 Å². The molecule has 1 atom stereocenters. The first-order valence-corrected chi connectivity index (χ1v) is 10.9. The summed E-state index contributed by atoms with van der Waals surface area (Å²) in [4.78, 5) is 32.0. The second-order valence-electron chi connectivity index (χ2n) is 7.08. The van der Waals surface area contributed by atoms with Gasteiger partial charge in [0.1, 0.15) is 12.7 Å². The fourth-order valence-corrected chi connectivity index (χ4v) is 4.43. The Labute approximate surface area is 179 Å². The summed E-state index contributed by atoms with van der Waals surface area (Å²) in [6, 6.07) is 15.5. The average Bonchev–Trinajstić information content (AvgIpc) is 3.32. The maximum Gasteiger partial charge on any atom is 0.227 e. The summed E-state index contributed by atoms with van der Waals surface area (Å²) in [6.45, 7) is 2.61. The zero-order chi connectivity index (χ0) is 20.9. The molecule has 1 N–H and O–H groups in total. The lowest BCUT2D eigenvalue weighted by Gasteiger charge is -2.29. The van der Waals surface area contributed by atoms with E-state index in [9.17, 15) is 9.59 Å². The van der Waals surface area contributed by atoms with Gasteiger partial charge in [-0.3, -0.25) is 9.59 Å². The summed E-state index contributed by atoms with van der Waals surface area (Å²) >= 11 is 1.76. The molecular formula is C22H23N5O2S. The predicted octanol–water partition coefficient (Wildman–Crippen LogP) is 3.36. The Balaban J connectivity index is 1.30. The van der Waals surface area contributed by atoms with Crippen molar-refractivity contribution in [2.75, 3.05) is 17.2 Å². The molecule has 1 aliphatic rings. The Morgan fingerprint density at radius 2 is 1.93 bits per heavy atom. The molecule has 0 saturated heterocycles. The summed E-state index contributed by atoms with van der Waals surface area (Å²) in [5, 5.41) is 7.08. The van der Waals surface area contributed by atoms with Gasteiger partial charge in [-0.05, 0) is 36.8 Å². The maximum atomic E-state index is 12.7. The Morgan fingerprint density at radius 1 is 1.13 bits per heavy atom. The van der Waals surface area contributed by atoms with Crippen LogP contribution in [0.2, 0.25) is 0 Å². The van der Waals surface area contributed by atoms with E-state index in [1.165, 1.54) is 6.33 Å². The second-order valence-corrected chi connectivity index (χ2v) is 8.22. The summed E-state index contributed by atoms with van der Waals surface area (Å²) in [7, 11) is 0. The molecule has 0 radical (unpaired) electrons. The number of hydrogen-bond acceptors (Lipinski definition) is 5. The number of carbonyl (C=O) groups is 2. The van der Waals surface area contributed by atoms with Crippen molar-refractivity contribution >= 4 is 29.3 Å². The third-order valence-electron chi connectivity index (χ3n) is 5.05. The van der Waals surface area contributed by atoms with Gasteiger partial charge < -0.3 is 10.2 Å². The molecule has 7 nitrogen and oxygen atoms in total. The molecule has 1 aromatic heterocycles. The number of nitrogens with one attached hydrogen (secondary N) is 1. The van der Waals surface area contributed by atoms with Gasteiger partial charge in [-0.2, -0.15) is 5.10 Å². The largest absolute Gasteiger partial charge is 0.350 e. The van der Waals surface area contributed by atoms with Gasteiger partial charge in [-0.1, -0.05) is 24.3 Å². The van der Waals surface area contributed by atoms with Crippen LogP contribution >= 0.6 is 11.8 Å². The minimum atomic E-state index is -0.149. The molecule has 0 aliphatic carbocycles. The van der Waals surface area contributed by atoms with E-state index < -0.39 is 0 Å². The van der Waals surface area contributed by atoms with Gasteiger partial charge in [-0.15, -0.1) is 11.8 Å². The van der Waals surface area contributed by atoms with Gasteiger partial charge in [0.25, 0.3) is 0 Å². The van der Waals surface area contributed by atoms with E-state index in [1.54, 1.807) is 27.7 Å². The number of thioether (sulfide) groups is 1. The number of benzene rings is 2. The van der Waals surface area contributed by atoms with Gasteiger partial charge in [0, 0.05) is 30.0 Å². The van der Waals surface area contributed by atoms with Crippen LogP contribution in [0, 0.1) is 0 Å². The van der Waals surface area contributed by atoms with Crippen LogP contribution in [0.15, 0.2) is 66.1 Å². The monoisotopic (exact) mass is 421 g/mol. The van der Waals surface area contributed by atoms with Gasteiger partial charge in [0.15, 0.2) is 0 Å². The van der Waals surface area contributed by atoms with Crippen molar-refractivity contribution in [2.45, 2.75) is 30.7 Å². The third-order valence-corrected chi connectivity index (χ3v) is 6.09. The smallest absolute Gasteiger partial charge is 0.227 e. The Morgan fingerprint density at radius 3 is 2.70 bits per heavy atom.